The van der Waals surface area contributed by atoms with Crippen LogP contribution in [0.1, 0.15) is 71.4 Å². The van der Waals surface area contributed by atoms with Crippen molar-refractivity contribution in [3.8, 4) is 0 Å². The Morgan fingerprint density at radius 3 is 2.16 bits per heavy atom. The molecule has 0 aliphatic carbocycles. The van der Waals surface area contributed by atoms with E-state index in [9.17, 15) is 9.36 Å². The van der Waals surface area contributed by atoms with Crippen molar-refractivity contribution in [2.24, 2.45) is 5.41 Å². The molecule has 0 saturated carbocycles. The highest BCUT2D eigenvalue weighted by atomic mass is 31.2. The molecule has 1 unspecified atom stereocenters. The molecule has 0 saturated heterocycles. The lowest BCUT2D eigenvalue weighted by Gasteiger charge is -2.29. The summed E-state index contributed by atoms with van der Waals surface area (Å²) >= 11 is 0. The SMILES string of the molecule is C=C(C)COOCC[N+](C)(C)Cc1ccc(C(C)CC)cc1.CCC(C)(C)C(=O)OCCOP(=O)(O)O. The molecule has 0 amide bonds. The fraction of sp³-hybridized carbons (Fsp3) is 0.667. The Hall–Kier alpha value is -1.58. The van der Waals surface area contributed by atoms with Crippen molar-refractivity contribution in [1.29, 1.82) is 0 Å². The monoisotopic (exact) mass is 546 g/mol. The number of phosphoric ester groups is 1. The van der Waals surface area contributed by atoms with Gasteiger partial charge in [-0.15, -0.1) is 0 Å². The van der Waals surface area contributed by atoms with E-state index in [2.05, 4.69) is 63.3 Å². The van der Waals surface area contributed by atoms with Gasteiger partial charge in [0.2, 0.25) is 0 Å². The van der Waals surface area contributed by atoms with Crippen LogP contribution >= 0.6 is 7.82 Å². The average molecular weight is 547 g/mol. The van der Waals surface area contributed by atoms with E-state index in [1.807, 2.05) is 13.8 Å². The molecule has 10 heteroatoms. The standard InChI is InChI=1S/C19H32NO2.C8H17O6P/c1-7-17(4)19-10-8-18(9-11-19)14-20(5,6)12-13-21-22-15-16(2)3;1-4-8(2,3)7(9)13-5-6-14-15(10,11)12/h8-11,17H,2,7,12-15H2,1,3-6H3;4-6H2,1-3H3,(H2,10,11,12)/q+1;. The topological polar surface area (TPSA) is 112 Å². The third-order valence-corrected chi connectivity index (χ3v) is 6.47. The molecule has 0 aliphatic rings. The number of phosphoric acid groups is 1. The third-order valence-electron chi connectivity index (χ3n) is 5.95. The number of benzene rings is 1. The highest BCUT2D eigenvalue weighted by Gasteiger charge is 2.27. The second-order valence-electron chi connectivity index (χ2n) is 10.6. The Kier molecular flexibility index (Phi) is 16.4. The molecule has 0 bridgehead atoms. The molecule has 2 N–H and O–H groups in total. The molecular weight excluding hydrogens is 497 g/mol. The molecular formula is C27H49NO8P+. The molecule has 214 valence electrons. The summed E-state index contributed by atoms with van der Waals surface area (Å²) in [6.45, 7) is 18.0. The second-order valence-corrected chi connectivity index (χ2v) is 11.8. The highest BCUT2D eigenvalue weighted by molar-refractivity contribution is 7.46. The van der Waals surface area contributed by atoms with E-state index in [4.69, 9.17) is 24.3 Å². The van der Waals surface area contributed by atoms with Crippen LogP contribution in [0.3, 0.4) is 0 Å². The first-order chi connectivity index (χ1) is 17.0. The zero-order chi connectivity index (χ0) is 28.7. The van der Waals surface area contributed by atoms with E-state index in [0.29, 0.717) is 25.6 Å². The highest BCUT2D eigenvalue weighted by Crippen LogP contribution is 2.35. The lowest BCUT2D eigenvalue weighted by molar-refractivity contribution is -0.904. The predicted molar refractivity (Wildman–Crippen MR) is 146 cm³/mol. The summed E-state index contributed by atoms with van der Waals surface area (Å²) in [4.78, 5) is 38.3. The Morgan fingerprint density at radius 2 is 1.68 bits per heavy atom. The van der Waals surface area contributed by atoms with Crippen LogP contribution in [0.15, 0.2) is 36.4 Å². The van der Waals surface area contributed by atoms with Crippen LogP contribution in [0.2, 0.25) is 0 Å². The first-order valence-electron chi connectivity index (χ1n) is 12.7. The van der Waals surface area contributed by atoms with Gasteiger partial charge < -0.3 is 19.0 Å². The molecule has 1 rings (SSSR count). The van der Waals surface area contributed by atoms with Crippen LogP contribution < -0.4 is 0 Å². The summed E-state index contributed by atoms with van der Waals surface area (Å²) in [5.74, 6) is 0.231. The fourth-order valence-electron chi connectivity index (χ4n) is 2.88. The third kappa shape index (κ3) is 17.5. The molecule has 0 spiro atoms. The van der Waals surface area contributed by atoms with Gasteiger partial charge in [-0.1, -0.05) is 57.2 Å². The number of likely N-dealkylation sites (N-methyl/N-ethyl adjacent to an activating group) is 1. The average Bonchev–Trinajstić information content (AvgIpc) is 2.80. The first kappa shape index (κ1) is 35.4. The van der Waals surface area contributed by atoms with Crippen molar-refractivity contribution in [2.45, 2.75) is 66.8 Å². The summed E-state index contributed by atoms with van der Waals surface area (Å²) in [5, 5.41) is 0. The van der Waals surface area contributed by atoms with Crippen LogP contribution in [0.4, 0.5) is 0 Å². The number of carbonyl (C=O) groups is 1. The minimum Gasteiger partial charge on any atom is -0.463 e. The van der Waals surface area contributed by atoms with Crippen molar-refractivity contribution in [3.05, 3.63) is 47.5 Å². The van der Waals surface area contributed by atoms with Gasteiger partial charge in [0.15, 0.2) is 0 Å². The summed E-state index contributed by atoms with van der Waals surface area (Å²) in [6, 6.07) is 9.02. The summed E-state index contributed by atoms with van der Waals surface area (Å²) in [5.41, 5.74) is 3.17. The summed E-state index contributed by atoms with van der Waals surface area (Å²) < 4.78 is 20.0. The number of quaternary nitrogens is 1. The zero-order valence-corrected chi connectivity index (χ0v) is 24.9. The van der Waals surface area contributed by atoms with Gasteiger partial charge in [-0.05, 0) is 45.1 Å². The number of hydrogen-bond donors (Lipinski definition) is 2. The van der Waals surface area contributed by atoms with Crippen molar-refractivity contribution in [3.63, 3.8) is 0 Å². The summed E-state index contributed by atoms with van der Waals surface area (Å²) in [7, 11) is -0.0386. The molecule has 0 radical (unpaired) electrons. The zero-order valence-electron chi connectivity index (χ0n) is 24.0. The minimum absolute atomic E-state index is 0.159. The number of carbonyl (C=O) groups excluding carboxylic acids is 1. The number of nitrogens with zero attached hydrogens (tertiary/aromatic N) is 1. The van der Waals surface area contributed by atoms with Gasteiger partial charge in [0, 0.05) is 5.56 Å². The van der Waals surface area contributed by atoms with Gasteiger partial charge in [0.05, 0.1) is 26.1 Å². The molecule has 0 aromatic heterocycles. The minimum atomic E-state index is -4.46. The van der Waals surface area contributed by atoms with Gasteiger partial charge in [0.25, 0.3) is 0 Å². The van der Waals surface area contributed by atoms with Crippen LogP contribution in [0.5, 0.6) is 0 Å². The quantitative estimate of drug-likeness (QED) is 0.0541. The van der Waals surface area contributed by atoms with Gasteiger partial charge in [-0.2, -0.15) is 0 Å². The molecule has 9 nitrogen and oxygen atoms in total. The van der Waals surface area contributed by atoms with Crippen LogP contribution in [-0.2, 0) is 34.9 Å². The second kappa shape index (κ2) is 17.1. The van der Waals surface area contributed by atoms with E-state index in [0.717, 1.165) is 23.1 Å². The van der Waals surface area contributed by atoms with E-state index in [1.165, 1.54) is 17.5 Å². The predicted octanol–water partition coefficient (Wildman–Crippen LogP) is 5.38. The lowest BCUT2D eigenvalue weighted by atomic mass is 9.91. The van der Waals surface area contributed by atoms with Crippen LogP contribution in [-0.4, -0.2) is 67.3 Å². The molecule has 1 atom stereocenters. The maximum atomic E-state index is 11.3. The van der Waals surface area contributed by atoms with Crippen molar-refractivity contribution >= 4 is 13.8 Å². The Bertz CT molecular complexity index is 848. The normalized spacial score (nSPS) is 12.9. The molecule has 0 fully saturated rings. The Morgan fingerprint density at radius 1 is 1.08 bits per heavy atom. The van der Waals surface area contributed by atoms with Crippen LogP contribution in [0.25, 0.3) is 0 Å². The largest absolute Gasteiger partial charge is 0.469 e. The van der Waals surface area contributed by atoms with E-state index >= 15 is 0 Å². The Balaban J connectivity index is 0.000000757. The number of rotatable bonds is 16. The van der Waals surface area contributed by atoms with E-state index in [-0.39, 0.29) is 13.2 Å². The van der Waals surface area contributed by atoms with Gasteiger partial charge >= 0.3 is 13.8 Å². The van der Waals surface area contributed by atoms with Crippen molar-refractivity contribution < 1.29 is 42.7 Å². The van der Waals surface area contributed by atoms with Crippen molar-refractivity contribution in [2.75, 3.05) is 47.1 Å². The van der Waals surface area contributed by atoms with Crippen LogP contribution in [0, 0.1) is 5.41 Å². The smallest absolute Gasteiger partial charge is 0.463 e. The van der Waals surface area contributed by atoms with E-state index in [1.54, 1.807) is 13.8 Å². The summed E-state index contributed by atoms with van der Waals surface area (Å²) in [6.07, 6.45) is 1.81. The number of hydrogen-bond acceptors (Lipinski definition) is 6. The van der Waals surface area contributed by atoms with Gasteiger partial charge in [-0.3, -0.25) is 9.32 Å². The van der Waals surface area contributed by atoms with E-state index < -0.39 is 19.2 Å². The molecule has 37 heavy (non-hydrogen) atoms. The lowest BCUT2D eigenvalue weighted by Crippen LogP contribution is -2.41. The fourth-order valence-corrected chi connectivity index (χ4v) is 3.19. The van der Waals surface area contributed by atoms with Gasteiger partial charge in [0.1, 0.15) is 32.9 Å². The van der Waals surface area contributed by atoms with Crippen molar-refractivity contribution in [1.82, 2.24) is 0 Å². The first-order valence-corrected chi connectivity index (χ1v) is 14.2. The maximum absolute atomic E-state index is 11.3. The molecule has 1 aromatic carbocycles. The molecule has 1 aromatic rings. The van der Waals surface area contributed by atoms with Gasteiger partial charge in [-0.25, -0.2) is 14.3 Å². The Labute approximate surface area is 223 Å². The number of esters is 1. The number of ether oxygens (including phenoxy) is 1. The molecule has 0 heterocycles. The maximum Gasteiger partial charge on any atom is 0.469 e. The molecule has 0 aliphatic heterocycles.